The standard InChI is InChI=1S/C10H20N2O2.C10H20N2O.C10H17NO2.C10H19NO2.C9H15N3O2.C9H16N2O2.C5H6N2/c1-6-10(13)14-9(7-11(2)3)8-12(4)5;1-4-10(13)11-8-7-9-12(5-2)6-3;1-2-10(12)13-9-8-11-6-4-3-5-7-11;1-5-11(6-2)7-8-13-10(12)9(3)4;1-7(2)9(14)10-3-4-12-5-8(13)11-6-12;1-2-9(12)10-3-4-11-5-7-13-8-6-11;1-2-7-4-3-6-5-7/h6,9H,1,7-8H2,2-5H3;4H,1,5-9H2,2-3H3,(H,11,13);2H,1,3-9H2;3,5-8H2,1-2,4H3;1,3-6H2,2H3,(H,10,14)(H,11,13);2H,1,3-8H2,(H,10,12);2-5H,1H2. The Hall–Kier alpha value is -6.64. The molecule has 87 heavy (non-hydrogen) atoms. The number of carbonyl (C=O) groups is 7. The number of rotatable bonds is 32. The number of hydrogen-bond donors (Lipinski definition) is 4. The lowest BCUT2D eigenvalue weighted by atomic mass is 10.1. The number of aromatic nitrogens is 2. The summed E-state index contributed by atoms with van der Waals surface area (Å²) in [6.45, 7) is 55.4. The number of morpholine rings is 1. The lowest BCUT2D eigenvalue weighted by Crippen LogP contribution is -2.41. The molecule has 0 bridgehead atoms. The Morgan fingerprint density at radius 3 is 1.64 bits per heavy atom. The quantitative estimate of drug-likeness (QED) is 0.0349. The molecule has 24 nitrogen and oxygen atoms in total. The van der Waals surface area contributed by atoms with Crippen LogP contribution in [0.2, 0.25) is 0 Å². The first-order chi connectivity index (χ1) is 41.5. The van der Waals surface area contributed by atoms with Crippen LogP contribution in [0.25, 0.3) is 6.20 Å². The van der Waals surface area contributed by atoms with Crippen LogP contribution in [0.5, 0.6) is 0 Å². The van der Waals surface area contributed by atoms with Crippen molar-refractivity contribution in [3.8, 4) is 0 Å². The summed E-state index contributed by atoms with van der Waals surface area (Å²) in [6.07, 6.45) is 16.7. The Balaban J connectivity index is -0.000000952. The fourth-order valence-corrected chi connectivity index (χ4v) is 7.50. The van der Waals surface area contributed by atoms with Crippen LogP contribution in [0.4, 0.5) is 0 Å². The zero-order chi connectivity index (χ0) is 66.2. The first-order valence-electron chi connectivity index (χ1n) is 30.0. The Labute approximate surface area is 522 Å². The summed E-state index contributed by atoms with van der Waals surface area (Å²) in [6, 6.07) is 0. The van der Waals surface area contributed by atoms with E-state index in [1.54, 1.807) is 37.1 Å². The van der Waals surface area contributed by atoms with Crippen LogP contribution in [0.3, 0.4) is 0 Å². The number of likely N-dealkylation sites (tertiary alicyclic amines) is 1. The first kappa shape index (κ1) is 84.6. The highest BCUT2D eigenvalue weighted by molar-refractivity contribution is 5.92. The third-order valence-electron chi connectivity index (χ3n) is 12.5. The van der Waals surface area contributed by atoms with Crippen LogP contribution < -0.4 is 21.3 Å². The number of imidazole rings is 1. The summed E-state index contributed by atoms with van der Waals surface area (Å²) in [5.41, 5.74) is 0.958. The highest BCUT2D eigenvalue weighted by Gasteiger charge is 2.18. The molecule has 0 atom stereocenters. The zero-order valence-corrected chi connectivity index (χ0v) is 55.0. The monoisotopic (exact) mass is 1230 g/mol. The van der Waals surface area contributed by atoms with Gasteiger partial charge in [0, 0.05) is 114 Å². The Kier molecular flexibility index (Phi) is 55.5. The number of esters is 3. The van der Waals surface area contributed by atoms with Gasteiger partial charge in [-0.15, -0.1) is 0 Å². The van der Waals surface area contributed by atoms with Gasteiger partial charge in [-0.3, -0.25) is 33.9 Å². The lowest BCUT2D eigenvalue weighted by Gasteiger charge is -2.26. The van der Waals surface area contributed by atoms with Crippen molar-refractivity contribution >= 4 is 47.7 Å². The SMILES string of the molecule is C=C(C)C(=O)NCCN1CNC(=O)C1.C=C(C)C(=O)OCCN(CC)CC.C=CC(=O)NCCCN(CC)CC.C=CC(=O)NCCN1CCOCC1.C=CC(=O)OC(CN(C)C)CN(C)C.C=CC(=O)OCCN1CCCCC1.C=Cn1ccnc1. The van der Waals surface area contributed by atoms with Gasteiger partial charge in [0.05, 0.1) is 32.8 Å². The number of nitrogens with zero attached hydrogens (tertiary/aromatic N) is 9. The van der Waals surface area contributed by atoms with Gasteiger partial charge in [-0.25, -0.2) is 19.4 Å². The number of ether oxygens (including phenoxy) is 4. The van der Waals surface area contributed by atoms with Crippen LogP contribution in [0, 0.1) is 0 Å². The fraction of sp³-hybridized carbons (Fsp3) is 0.619. The second kappa shape index (κ2) is 57.1. The molecule has 0 radical (unpaired) electrons. The van der Waals surface area contributed by atoms with Crippen molar-refractivity contribution in [2.45, 2.75) is 73.3 Å². The van der Waals surface area contributed by atoms with E-state index in [2.05, 4.69) is 120 Å². The van der Waals surface area contributed by atoms with Gasteiger partial charge >= 0.3 is 17.9 Å². The summed E-state index contributed by atoms with van der Waals surface area (Å²) in [5, 5.41) is 10.9. The molecule has 0 aromatic carbocycles. The summed E-state index contributed by atoms with van der Waals surface area (Å²) in [5.74, 6) is -1.27. The van der Waals surface area contributed by atoms with Gasteiger partial charge in [0.15, 0.2) is 0 Å². The van der Waals surface area contributed by atoms with Gasteiger partial charge < -0.3 is 64.4 Å². The maximum Gasteiger partial charge on any atom is 0.333 e. The number of carbonyl (C=O) groups excluding carboxylic acids is 7. The van der Waals surface area contributed by atoms with E-state index >= 15 is 0 Å². The largest absolute Gasteiger partial charge is 0.461 e. The molecule has 4 amide bonds. The second-order valence-electron chi connectivity index (χ2n) is 20.4. The smallest absolute Gasteiger partial charge is 0.333 e. The van der Waals surface area contributed by atoms with E-state index in [-0.39, 0.29) is 47.6 Å². The average Bonchev–Trinajstić information content (AvgIpc) is 4.28. The topological polar surface area (TPSA) is 245 Å². The molecule has 0 aliphatic carbocycles. The fourth-order valence-electron chi connectivity index (χ4n) is 7.50. The summed E-state index contributed by atoms with van der Waals surface area (Å²) < 4.78 is 22.0. The molecular formula is C63H113N13O11. The van der Waals surface area contributed by atoms with Gasteiger partial charge in [-0.2, -0.15) is 0 Å². The predicted molar refractivity (Wildman–Crippen MR) is 349 cm³/mol. The molecule has 24 heteroatoms. The molecule has 0 saturated carbocycles. The Bertz CT molecular complexity index is 2030. The Morgan fingerprint density at radius 1 is 0.667 bits per heavy atom. The molecule has 3 fully saturated rings. The lowest BCUT2D eigenvalue weighted by molar-refractivity contribution is -0.144. The number of nitrogens with one attached hydrogen (secondary N) is 4. The van der Waals surface area contributed by atoms with Crippen molar-refractivity contribution < 1.29 is 52.5 Å². The summed E-state index contributed by atoms with van der Waals surface area (Å²) in [4.78, 5) is 94.9. The highest BCUT2D eigenvalue weighted by Crippen LogP contribution is 2.08. The zero-order valence-electron chi connectivity index (χ0n) is 55.0. The minimum Gasteiger partial charge on any atom is -0.461 e. The maximum absolute atomic E-state index is 11.1. The van der Waals surface area contributed by atoms with Crippen LogP contribution >= 0.6 is 0 Å². The maximum atomic E-state index is 11.1. The van der Waals surface area contributed by atoms with Crippen molar-refractivity contribution in [3.05, 3.63) is 100 Å². The molecule has 3 aliphatic heterocycles. The first-order valence-corrected chi connectivity index (χ1v) is 30.0. The second-order valence-corrected chi connectivity index (χ2v) is 20.4. The van der Waals surface area contributed by atoms with Crippen molar-refractivity contribution in [1.82, 2.24) is 65.1 Å². The third kappa shape index (κ3) is 53.3. The van der Waals surface area contributed by atoms with Crippen molar-refractivity contribution in [2.75, 3.05) is 186 Å². The Morgan fingerprint density at radius 2 is 1.20 bits per heavy atom. The molecule has 496 valence electrons. The van der Waals surface area contributed by atoms with Crippen molar-refractivity contribution in [3.63, 3.8) is 0 Å². The van der Waals surface area contributed by atoms with E-state index in [1.807, 2.05) is 49.1 Å². The van der Waals surface area contributed by atoms with Crippen molar-refractivity contribution in [1.29, 1.82) is 0 Å². The number of hydrogen-bond acceptors (Lipinski definition) is 19. The summed E-state index contributed by atoms with van der Waals surface area (Å²) in [7, 11) is 7.80. The van der Waals surface area contributed by atoms with Gasteiger partial charge in [0.25, 0.3) is 0 Å². The van der Waals surface area contributed by atoms with E-state index in [0.29, 0.717) is 57.2 Å². The van der Waals surface area contributed by atoms with Crippen LogP contribution in [0.15, 0.2) is 100 Å². The number of piperidine rings is 1. The summed E-state index contributed by atoms with van der Waals surface area (Å²) >= 11 is 0. The van der Waals surface area contributed by atoms with E-state index in [4.69, 9.17) is 18.9 Å². The van der Waals surface area contributed by atoms with Gasteiger partial charge in [-0.05, 0) is 119 Å². The number of amides is 4. The molecule has 0 unspecified atom stereocenters. The van der Waals surface area contributed by atoms with E-state index in [9.17, 15) is 33.6 Å². The molecule has 3 saturated heterocycles. The highest BCUT2D eigenvalue weighted by atomic mass is 16.5. The molecule has 1 aromatic rings. The van der Waals surface area contributed by atoms with E-state index in [1.165, 1.54) is 43.6 Å². The van der Waals surface area contributed by atoms with Crippen LogP contribution in [-0.4, -0.2) is 277 Å². The molecule has 4 rings (SSSR count). The minimum absolute atomic E-state index is 0.0382. The van der Waals surface area contributed by atoms with Gasteiger partial charge in [0.2, 0.25) is 23.6 Å². The molecule has 4 N–H and O–H groups in total. The van der Waals surface area contributed by atoms with Crippen molar-refractivity contribution in [2.24, 2.45) is 0 Å². The van der Waals surface area contributed by atoms with Gasteiger partial charge in [0.1, 0.15) is 19.3 Å². The van der Waals surface area contributed by atoms with Gasteiger partial charge in [-0.1, -0.05) is 80.2 Å². The minimum atomic E-state index is -0.362. The molecule has 1 aromatic heterocycles. The van der Waals surface area contributed by atoms with Crippen LogP contribution in [0.1, 0.15) is 67.2 Å². The molecule has 4 heterocycles. The molecule has 3 aliphatic rings. The molecule has 0 spiro atoms. The predicted octanol–water partition coefficient (Wildman–Crippen LogP) is 3.55. The third-order valence-corrected chi connectivity index (χ3v) is 12.5. The van der Waals surface area contributed by atoms with E-state index in [0.717, 1.165) is 118 Å². The average molecular weight is 1230 g/mol. The van der Waals surface area contributed by atoms with E-state index < -0.39 is 0 Å². The normalized spacial score (nSPS) is 13.6. The number of likely N-dealkylation sites (N-methyl/N-ethyl adjacent to an activating group) is 3. The molecular weight excluding hydrogens is 1110 g/mol. The van der Waals surface area contributed by atoms with Crippen LogP contribution in [-0.2, 0) is 52.5 Å².